The van der Waals surface area contributed by atoms with Crippen LogP contribution >= 0.6 is 0 Å². The number of amides is 1. The summed E-state index contributed by atoms with van der Waals surface area (Å²) in [4.78, 5) is 19.8. The molecule has 0 bridgehead atoms. The molecule has 3 fully saturated rings. The Kier molecular flexibility index (Phi) is 6.56. The van der Waals surface area contributed by atoms with E-state index >= 15 is 0 Å². The van der Waals surface area contributed by atoms with Crippen LogP contribution < -0.4 is 0 Å². The fourth-order valence-corrected chi connectivity index (χ4v) is 4.91. The van der Waals surface area contributed by atoms with Gasteiger partial charge >= 0.3 is 0 Å². The SMILES string of the molecule is CC1CN(C)CCN1CC1CCN(C(=O)CC2CCCCC2)CC1. The average Bonchev–Trinajstić information content (AvgIpc) is 2.59. The minimum atomic E-state index is 0.438. The van der Waals surface area contributed by atoms with Crippen LogP contribution in [0.4, 0.5) is 0 Å². The molecule has 0 N–H and O–H groups in total. The number of hydrogen-bond donors (Lipinski definition) is 0. The molecule has 0 aromatic rings. The topological polar surface area (TPSA) is 26.8 Å². The summed E-state index contributed by atoms with van der Waals surface area (Å²) >= 11 is 0. The molecule has 3 rings (SSSR count). The van der Waals surface area contributed by atoms with Crippen molar-refractivity contribution in [3.63, 3.8) is 0 Å². The zero-order chi connectivity index (χ0) is 16.9. The highest BCUT2D eigenvalue weighted by molar-refractivity contribution is 5.76. The Morgan fingerprint density at radius 2 is 1.62 bits per heavy atom. The van der Waals surface area contributed by atoms with Gasteiger partial charge in [0.15, 0.2) is 0 Å². The molecule has 2 saturated heterocycles. The molecule has 1 unspecified atom stereocenters. The van der Waals surface area contributed by atoms with Crippen molar-refractivity contribution < 1.29 is 4.79 Å². The van der Waals surface area contributed by atoms with Gasteiger partial charge in [-0.1, -0.05) is 19.3 Å². The third kappa shape index (κ3) is 4.95. The largest absolute Gasteiger partial charge is 0.343 e. The minimum absolute atomic E-state index is 0.438. The van der Waals surface area contributed by atoms with Crippen LogP contribution in [0.25, 0.3) is 0 Å². The molecule has 0 aromatic carbocycles. The molecule has 2 aliphatic heterocycles. The summed E-state index contributed by atoms with van der Waals surface area (Å²) in [7, 11) is 2.23. The molecule has 3 aliphatic rings. The van der Waals surface area contributed by atoms with Crippen LogP contribution in [0.5, 0.6) is 0 Å². The Hall–Kier alpha value is -0.610. The molecule has 24 heavy (non-hydrogen) atoms. The van der Waals surface area contributed by atoms with Crippen molar-refractivity contribution in [2.24, 2.45) is 11.8 Å². The molecule has 1 aliphatic carbocycles. The molecular formula is C20H37N3O. The Bertz CT molecular complexity index is 400. The molecule has 1 saturated carbocycles. The van der Waals surface area contributed by atoms with Crippen LogP contribution in [0.3, 0.4) is 0 Å². The van der Waals surface area contributed by atoms with Crippen LogP contribution in [-0.4, -0.2) is 73.0 Å². The van der Waals surface area contributed by atoms with Gasteiger partial charge in [-0.3, -0.25) is 9.69 Å². The first-order valence-corrected chi connectivity index (χ1v) is 10.3. The lowest BCUT2D eigenvalue weighted by Crippen LogP contribution is -2.52. The fraction of sp³-hybridized carbons (Fsp3) is 0.950. The molecular weight excluding hydrogens is 298 g/mol. The highest BCUT2D eigenvalue weighted by Gasteiger charge is 2.28. The van der Waals surface area contributed by atoms with Crippen molar-refractivity contribution in [3.8, 4) is 0 Å². The lowest BCUT2D eigenvalue weighted by atomic mass is 9.86. The Morgan fingerprint density at radius 3 is 2.29 bits per heavy atom. The first kappa shape index (κ1) is 18.2. The van der Waals surface area contributed by atoms with E-state index in [1.165, 1.54) is 71.1 Å². The lowest BCUT2D eigenvalue weighted by Gasteiger charge is -2.41. The summed E-state index contributed by atoms with van der Waals surface area (Å²) in [5, 5.41) is 0. The van der Waals surface area contributed by atoms with E-state index in [4.69, 9.17) is 0 Å². The zero-order valence-corrected chi connectivity index (χ0v) is 15.9. The first-order valence-electron chi connectivity index (χ1n) is 10.3. The molecule has 1 atom stereocenters. The minimum Gasteiger partial charge on any atom is -0.343 e. The second-order valence-corrected chi connectivity index (χ2v) is 8.64. The van der Waals surface area contributed by atoms with Gasteiger partial charge in [0.05, 0.1) is 0 Å². The monoisotopic (exact) mass is 335 g/mol. The standard InChI is InChI=1S/C20H37N3O/c1-17-15-21(2)12-13-23(17)16-19-8-10-22(11-9-19)20(24)14-18-6-4-3-5-7-18/h17-19H,3-16H2,1-2H3. The number of rotatable bonds is 4. The predicted molar refractivity (Wildman–Crippen MR) is 99.0 cm³/mol. The van der Waals surface area contributed by atoms with Crippen LogP contribution in [0.2, 0.25) is 0 Å². The highest BCUT2D eigenvalue weighted by atomic mass is 16.2. The van der Waals surface area contributed by atoms with Crippen LogP contribution in [0.15, 0.2) is 0 Å². The molecule has 0 spiro atoms. The number of piperazine rings is 1. The molecule has 2 heterocycles. The summed E-state index contributed by atoms with van der Waals surface area (Å²) in [6.45, 7) is 9.19. The number of likely N-dealkylation sites (tertiary alicyclic amines) is 1. The molecule has 4 nitrogen and oxygen atoms in total. The third-order valence-electron chi connectivity index (χ3n) is 6.62. The zero-order valence-electron chi connectivity index (χ0n) is 15.9. The summed E-state index contributed by atoms with van der Waals surface area (Å²) < 4.78 is 0. The smallest absolute Gasteiger partial charge is 0.222 e. The van der Waals surface area contributed by atoms with E-state index in [1.807, 2.05) is 0 Å². The Morgan fingerprint density at radius 1 is 0.917 bits per heavy atom. The van der Waals surface area contributed by atoms with Gasteiger partial charge in [-0.25, -0.2) is 0 Å². The summed E-state index contributed by atoms with van der Waals surface area (Å²) in [6.07, 6.45) is 9.84. The van der Waals surface area contributed by atoms with E-state index in [-0.39, 0.29) is 0 Å². The van der Waals surface area contributed by atoms with E-state index in [0.29, 0.717) is 17.9 Å². The average molecular weight is 336 g/mol. The van der Waals surface area contributed by atoms with Gasteiger partial charge in [-0.15, -0.1) is 0 Å². The summed E-state index contributed by atoms with van der Waals surface area (Å²) in [5.41, 5.74) is 0. The van der Waals surface area contributed by atoms with Gasteiger partial charge < -0.3 is 9.80 Å². The van der Waals surface area contributed by atoms with Crippen molar-refractivity contribution >= 4 is 5.91 Å². The first-order chi connectivity index (χ1) is 11.6. The maximum Gasteiger partial charge on any atom is 0.222 e. The number of piperidine rings is 1. The maximum atomic E-state index is 12.6. The molecule has 1 amide bonds. The van der Waals surface area contributed by atoms with Gasteiger partial charge in [-0.05, 0) is 51.5 Å². The number of hydrogen-bond acceptors (Lipinski definition) is 3. The maximum absolute atomic E-state index is 12.6. The van der Waals surface area contributed by atoms with Crippen molar-refractivity contribution in [2.45, 2.75) is 64.3 Å². The van der Waals surface area contributed by atoms with Gasteiger partial charge in [0, 0.05) is 51.7 Å². The molecule has 0 aromatic heterocycles. The second kappa shape index (κ2) is 8.66. The van der Waals surface area contributed by atoms with E-state index in [9.17, 15) is 4.79 Å². The van der Waals surface area contributed by atoms with Crippen molar-refractivity contribution in [1.82, 2.24) is 14.7 Å². The number of nitrogens with zero attached hydrogens (tertiary/aromatic N) is 3. The van der Waals surface area contributed by atoms with Gasteiger partial charge in [0.1, 0.15) is 0 Å². The van der Waals surface area contributed by atoms with Gasteiger partial charge in [0.2, 0.25) is 5.91 Å². The summed E-state index contributed by atoms with van der Waals surface area (Å²) in [6, 6.07) is 0.676. The van der Waals surface area contributed by atoms with E-state index in [2.05, 4.69) is 28.7 Å². The number of carbonyl (C=O) groups is 1. The molecule has 4 heteroatoms. The van der Waals surface area contributed by atoms with E-state index in [1.54, 1.807) is 0 Å². The van der Waals surface area contributed by atoms with Crippen LogP contribution in [0, 0.1) is 11.8 Å². The van der Waals surface area contributed by atoms with Crippen LogP contribution in [-0.2, 0) is 4.79 Å². The third-order valence-corrected chi connectivity index (χ3v) is 6.62. The van der Waals surface area contributed by atoms with Crippen molar-refractivity contribution in [2.75, 3.05) is 46.3 Å². The van der Waals surface area contributed by atoms with Gasteiger partial charge in [0.25, 0.3) is 0 Å². The number of carbonyl (C=O) groups excluding carboxylic acids is 1. The molecule has 0 radical (unpaired) electrons. The lowest BCUT2D eigenvalue weighted by molar-refractivity contribution is -0.134. The second-order valence-electron chi connectivity index (χ2n) is 8.64. The molecule has 138 valence electrons. The van der Waals surface area contributed by atoms with E-state index in [0.717, 1.165) is 25.4 Å². The predicted octanol–water partition coefficient (Wildman–Crippen LogP) is 2.83. The fourth-order valence-electron chi connectivity index (χ4n) is 4.91. The number of likely N-dealkylation sites (N-methyl/N-ethyl adjacent to an activating group) is 1. The highest BCUT2D eigenvalue weighted by Crippen LogP contribution is 2.28. The van der Waals surface area contributed by atoms with Crippen molar-refractivity contribution in [3.05, 3.63) is 0 Å². The Labute approximate surface area is 148 Å². The Balaban J connectivity index is 1.38. The normalized spacial score (nSPS) is 29.1. The van der Waals surface area contributed by atoms with Crippen molar-refractivity contribution in [1.29, 1.82) is 0 Å². The quantitative estimate of drug-likeness (QED) is 0.790. The van der Waals surface area contributed by atoms with E-state index < -0.39 is 0 Å². The summed E-state index contributed by atoms with van der Waals surface area (Å²) in [5.74, 6) is 1.90. The van der Waals surface area contributed by atoms with Gasteiger partial charge in [-0.2, -0.15) is 0 Å². The van der Waals surface area contributed by atoms with Crippen LogP contribution in [0.1, 0.15) is 58.3 Å².